The molecule has 0 saturated carbocycles. The van der Waals surface area contributed by atoms with E-state index in [2.05, 4.69) is 6.58 Å². The Balaban J connectivity index is -0.00000000933. The van der Waals surface area contributed by atoms with Crippen molar-refractivity contribution in [2.75, 3.05) is 0 Å². The van der Waals surface area contributed by atoms with E-state index in [1.807, 2.05) is 62.3 Å². The van der Waals surface area contributed by atoms with Gasteiger partial charge in [0.1, 0.15) is 0 Å². The molecule has 0 nitrogen and oxygen atoms in total. The van der Waals surface area contributed by atoms with Crippen molar-refractivity contribution in [1.82, 2.24) is 0 Å². The van der Waals surface area contributed by atoms with Crippen molar-refractivity contribution in [1.29, 1.82) is 0 Å². The van der Waals surface area contributed by atoms with Crippen LogP contribution in [0.1, 0.15) is 62.3 Å². The van der Waals surface area contributed by atoms with Gasteiger partial charge >= 0.3 is 0 Å². The molecule has 0 atom stereocenters. The summed E-state index contributed by atoms with van der Waals surface area (Å²) in [6.07, 6.45) is 1.75. The van der Waals surface area contributed by atoms with Crippen LogP contribution in [0.3, 0.4) is 0 Å². The van der Waals surface area contributed by atoms with Crippen molar-refractivity contribution in [2.24, 2.45) is 0 Å². The van der Waals surface area contributed by atoms with Gasteiger partial charge in [0.15, 0.2) is 0 Å². The smallest absolute Gasteiger partial charge is 0 e. The molecule has 0 aliphatic rings. The average molecular weight is 269 g/mol. The van der Waals surface area contributed by atoms with E-state index in [1.165, 1.54) is 0 Å². The summed E-state index contributed by atoms with van der Waals surface area (Å²) in [5, 5.41) is 0. The largest absolute Gasteiger partial charge is 0.103 e. The van der Waals surface area contributed by atoms with Gasteiger partial charge in [0.2, 0.25) is 0 Å². The normalized spacial score (nSPS) is 3.08. The standard InChI is InChI=1S/C3H6.4C2H6.Pd/c1-3-2;4*1-2;/h3H,1H2,2H3;4*1-2H3;. The monoisotopic (exact) mass is 268 g/mol. The summed E-state index contributed by atoms with van der Waals surface area (Å²) >= 11 is 0. The quantitative estimate of drug-likeness (QED) is 0.413. The summed E-state index contributed by atoms with van der Waals surface area (Å²) in [4.78, 5) is 0. The van der Waals surface area contributed by atoms with Gasteiger partial charge in [-0.1, -0.05) is 61.5 Å². The Hall–Kier alpha value is 0.402. The Labute approximate surface area is 95.5 Å². The molecular formula is C11H30Pd. The van der Waals surface area contributed by atoms with Crippen LogP contribution < -0.4 is 0 Å². The van der Waals surface area contributed by atoms with E-state index < -0.39 is 0 Å². The Morgan fingerprint density at radius 1 is 0.667 bits per heavy atom. The molecule has 1 heteroatoms. The SMILES string of the molecule is C=CC.CC.CC.CC.CC.[Pd]. The molecule has 0 bridgehead atoms. The maximum Gasteiger partial charge on any atom is 0 e. The van der Waals surface area contributed by atoms with E-state index in [1.54, 1.807) is 6.08 Å². The maximum absolute atomic E-state index is 3.36. The Morgan fingerprint density at radius 3 is 0.667 bits per heavy atom. The van der Waals surface area contributed by atoms with Gasteiger partial charge in [-0.15, -0.1) is 6.58 Å². The first-order chi connectivity index (χ1) is 5.41. The topological polar surface area (TPSA) is 0 Å². The fourth-order valence-corrected chi connectivity index (χ4v) is 0. The molecule has 0 aliphatic carbocycles. The molecular weight excluding hydrogens is 239 g/mol. The van der Waals surface area contributed by atoms with Crippen LogP contribution in [0.4, 0.5) is 0 Å². The summed E-state index contributed by atoms with van der Waals surface area (Å²) in [6.45, 7) is 21.2. The van der Waals surface area contributed by atoms with Crippen LogP contribution in [-0.2, 0) is 20.4 Å². The first kappa shape index (κ1) is 39.3. The Kier molecular flexibility index (Phi) is 2060. The summed E-state index contributed by atoms with van der Waals surface area (Å²) in [5.41, 5.74) is 0. The zero-order valence-electron chi connectivity index (χ0n) is 10.6. The van der Waals surface area contributed by atoms with Crippen LogP contribution in [0, 0.1) is 0 Å². The Morgan fingerprint density at radius 2 is 0.667 bits per heavy atom. The fourth-order valence-electron chi connectivity index (χ4n) is 0. The number of hydrogen-bond acceptors (Lipinski definition) is 0. The van der Waals surface area contributed by atoms with E-state index in [-0.39, 0.29) is 20.4 Å². The summed E-state index contributed by atoms with van der Waals surface area (Å²) in [7, 11) is 0. The van der Waals surface area contributed by atoms with Gasteiger partial charge in [-0.3, -0.25) is 0 Å². The van der Waals surface area contributed by atoms with Crippen LogP contribution in [0.5, 0.6) is 0 Å². The minimum atomic E-state index is 0. The molecule has 84 valence electrons. The molecule has 0 aromatic rings. The van der Waals surface area contributed by atoms with Crippen LogP contribution >= 0.6 is 0 Å². The molecule has 0 amide bonds. The van der Waals surface area contributed by atoms with Crippen LogP contribution in [0.2, 0.25) is 0 Å². The maximum atomic E-state index is 3.36. The molecule has 0 unspecified atom stereocenters. The summed E-state index contributed by atoms with van der Waals surface area (Å²) in [6, 6.07) is 0. The molecule has 0 fully saturated rings. The molecule has 0 aromatic heterocycles. The molecule has 0 heterocycles. The summed E-state index contributed by atoms with van der Waals surface area (Å²) in [5.74, 6) is 0. The zero-order chi connectivity index (χ0) is 10.7. The molecule has 12 heavy (non-hydrogen) atoms. The second-order valence-corrected chi connectivity index (χ2v) is 0.408. The minimum Gasteiger partial charge on any atom is -0.103 e. The predicted octanol–water partition coefficient (Wildman–Crippen LogP) is 5.29. The second-order valence-electron chi connectivity index (χ2n) is 0.408. The first-order valence-corrected chi connectivity index (χ1v) is 4.99. The molecule has 0 N–H and O–H groups in total. The van der Waals surface area contributed by atoms with Crippen molar-refractivity contribution < 1.29 is 20.4 Å². The van der Waals surface area contributed by atoms with Crippen LogP contribution in [-0.4, -0.2) is 0 Å². The van der Waals surface area contributed by atoms with Gasteiger partial charge < -0.3 is 0 Å². The van der Waals surface area contributed by atoms with Gasteiger partial charge in [-0.05, 0) is 6.92 Å². The number of rotatable bonds is 0. The Bertz CT molecular complexity index is 12.5. The molecule has 0 rings (SSSR count). The third-order valence-electron chi connectivity index (χ3n) is 0. The van der Waals surface area contributed by atoms with Crippen molar-refractivity contribution in [2.45, 2.75) is 62.3 Å². The molecule has 0 aromatic carbocycles. The summed E-state index contributed by atoms with van der Waals surface area (Å²) < 4.78 is 0. The van der Waals surface area contributed by atoms with Crippen molar-refractivity contribution in [3.63, 3.8) is 0 Å². The fraction of sp³-hybridized carbons (Fsp3) is 0.818. The van der Waals surface area contributed by atoms with E-state index in [9.17, 15) is 0 Å². The number of hydrogen-bond donors (Lipinski definition) is 0. The van der Waals surface area contributed by atoms with E-state index >= 15 is 0 Å². The van der Waals surface area contributed by atoms with E-state index in [0.717, 1.165) is 0 Å². The number of allylic oxidation sites excluding steroid dienone is 1. The van der Waals surface area contributed by atoms with Gasteiger partial charge in [-0.2, -0.15) is 0 Å². The van der Waals surface area contributed by atoms with Gasteiger partial charge in [-0.25, -0.2) is 0 Å². The van der Waals surface area contributed by atoms with Crippen molar-refractivity contribution in [3.8, 4) is 0 Å². The molecule has 0 aliphatic heterocycles. The van der Waals surface area contributed by atoms with E-state index in [0.29, 0.717) is 0 Å². The minimum absolute atomic E-state index is 0. The van der Waals surface area contributed by atoms with Crippen molar-refractivity contribution in [3.05, 3.63) is 12.7 Å². The third kappa shape index (κ3) is 5680. The molecule has 0 saturated heterocycles. The van der Waals surface area contributed by atoms with E-state index in [4.69, 9.17) is 0 Å². The van der Waals surface area contributed by atoms with Gasteiger partial charge in [0.25, 0.3) is 0 Å². The molecule has 0 spiro atoms. The van der Waals surface area contributed by atoms with Crippen LogP contribution in [0.15, 0.2) is 12.7 Å². The predicted molar refractivity (Wildman–Crippen MR) is 61.3 cm³/mol. The molecule has 0 radical (unpaired) electrons. The average Bonchev–Trinajstić information content (AvgIpc) is 2.18. The second kappa shape index (κ2) is 627. The third-order valence-corrected chi connectivity index (χ3v) is 0. The van der Waals surface area contributed by atoms with Crippen molar-refractivity contribution >= 4 is 0 Å². The zero-order valence-corrected chi connectivity index (χ0v) is 12.2. The van der Waals surface area contributed by atoms with Crippen LogP contribution in [0.25, 0.3) is 0 Å². The van der Waals surface area contributed by atoms with Gasteiger partial charge in [0, 0.05) is 20.4 Å². The first-order valence-electron chi connectivity index (χ1n) is 4.99. The van der Waals surface area contributed by atoms with Gasteiger partial charge in [0.05, 0.1) is 0 Å².